The van der Waals surface area contributed by atoms with E-state index >= 15 is 0 Å². The van der Waals surface area contributed by atoms with Gasteiger partial charge in [-0.15, -0.1) is 5.10 Å². The Morgan fingerprint density at radius 2 is 2.53 bits per heavy atom. The minimum Gasteiger partial charge on any atom is -0.480 e. The van der Waals surface area contributed by atoms with Gasteiger partial charge in [0.1, 0.15) is 6.04 Å². The second-order valence-electron chi connectivity index (χ2n) is 4.48. The molecule has 0 amide bonds. The first-order valence-corrected chi connectivity index (χ1v) is 6.07. The summed E-state index contributed by atoms with van der Waals surface area (Å²) in [5.41, 5.74) is 0.991. The highest BCUT2D eigenvalue weighted by molar-refractivity contribution is 5.73. The van der Waals surface area contributed by atoms with Crippen LogP contribution < -0.4 is 5.32 Å². The smallest absolute Gasteiger partial charge is 0.320 e. The normalized spacial score (nSPS) is 24.1. The number of aliphatic carboxylic acids is 1. The summed E-state index contributed by atoms with van der Waals surface area (Å²) in [5.74, 6) is -0.793. The molecular formula is C11H18N4O2. The van der Waals surface area contributed by atoms with Gasteiger partial charge in [0, 0.05) is 12.7 Å². The van der Waals surface area contributed by atoms with Gasteiger partial charge in [-0.05, 0) is 19.3 Å². The lowest BCUT2D eigenvalue weighted by molar-refractivity contribution is -0.139. The Morgan fingerprint density at radius 3 is 3.18 bits per heavy atom. The molecule has 2 N–H and O–H groups in total. The van der Waals surface area contributed by atoms with Gasteiger partial charge < -0.3 is 10.4 Å². The van der Waals surface area contributed by atoms with Gasteiger partial charge in [0.15, 0.2) is 0 Å². The second kappa shape index (κ2) is 5.27. The Morgan fingerprint density at radius 1 is 1.71 bits per heavy atom. The molecule has 0 saturated carbocycles. The van der Waals surface area contributed by atoms with Crippen molar-refractivity contribution in [1.29, 1.82) is 0 Å². The molecule has 1 aromatic heterocycles. The van der Waals surface area contributed by atoms with Crippen LogP contribution in [0.3, 0.4) is 0 Å². The predicted octanol–water partition coefficient (Wildman–Crippen LogP) is 0.608. The molecule has 2 rings (SSSR count). The molecule has 0 spiro atoms. The number of aryl methyl sites for hydroxylation is 1. The number of unbranched alkanes of at least 4 members (excludes halogenated alkanes) is 1. The maximum atomic E-state index is 10.8. The van der Waals surface area contributed by atoms with Crippen LogP contribution in [-0.2, 0) is 11.2 Å². The molecule has 2 heterocycles. The van der Waals surface area contributed by atoms with Crippen molar-refractivity contribution in [3.05, 3.63) is 11.9 Å². The molecule has 0 bridgehead atoms. The summed E-state index contributed by atoms with van der Waals surface area (Å²) < 4.78 is 1.79. The summed E-state index contributed by atoms with van der Waals surface area (Å²) >= 11 is 0. The molecule has 1 fully saturated rings. The van der Waals surface area contributed by atoms with E-state index in [2.05, 4.69) is 22.6 Å². The lowest BCUT2D eigenvalue weighted by Gasteiger charge is -2.06. The van der Waals surface area contributed by atoms with E-state index in [9.17, 15) is 4.79 Å². The number of carboxylic acid groups (broad SMARTS) is 1. The van der Waals surface area contributed by atoms with E-state index in [1.165, 1.54) is 0 Å². The van der Waals surface area contributed by atoms with Gasteiger partial charge in [0.05, 0.1) is 11.7 Å². The van der Waals surface area contributed by atoms with Crippen molar-refractivity contribution in [1.82, 2.24) is 20.3 Å². The quantitative estimate of drug-likeness (QED) is 0.785. The zero-order valence-electron chi connectivity index (χ0n) is 9.96. The van der Waals surface area contributed by atoms with Crippen LogP contribution in [0, 0.1) is 0 Å². The van der Waals surface area contributed by atoms with E-state index < -0.39 is 12.0 Å². The standard InChI is InChI=1S/C11H18N4O2/c1-2-3-4-8-7-15(14-13-8)9-5-10(11(16)17)12-6-9/h7,9-10,12H,2-6H2,1H3,(H,16,17)/t9-,10-/m0/s1. The van der Waals surface area contributed by atoms with E-state index in [4.69, 9.17) is 5.11 Å². The summed E-state index contributed by atoms with van der Waals surface area (Å²) in [5, 5.41) is 20.0. The molecule has 2 atom stereocenters. The molecule has 0 unspecified atom stereocenters. The SMILES string of the molecule is CCCCc1cn([C@@H]2CN[C@H](C(=O)O)C2)nn1. The predicted molar refractivity (Wildman–Crippen MR) is 61.7 cm³/mol. The molecule has 0 radical (unpaired) electrons. The number of hydrogen-bond acceptors (Lipinski definition) is 4. The van der Waals surface area contributed by atoms with Crippen molar-refractivity contribution in [2.75, 3.05) is 6.54 Å². The molecular weight excluding hydrogens is 220 g/mol. The number of carbonyl (C=O) groups is 1. The van der Waals surface area contributed by atoms with Crippen molar-refractivity contribution in [3.8, 4) is 0 Å². The Bertz CT molecular complexity index is 391. The van der Waals surface area contributed by atoms with Crippen LogP contribution in [0.25, 0.3) is 0 Å². The maximum absolute atomic E-state index is 10.8. The molecule has 1 aromatic rings. The van der Waals surface area contributed by atoms with Gasteiger partial charge in [-0.3, -0.25) is 4.79 Å². The number of rotatable bonds is 5. The third kappa shape index (κ3) is 2.82. The van der Waals surface area contributed by atoms with E-state index in [1.807, 2.05) is 6.20 Å². The topological polar surface area (TPSA) is 80.0 Å². The third-order valence-electron chi connectivity index (χ3n) is 3.12. The molecule has 1 saturated heterocycles. The van der Waals surface area contributed by atoms with E-state index in [0.717, 1.165) is 25.0 Å². The van der Waals surface area contributed by atoms with Crippen LogP contribution in [0.1, 0.15) is 37.9 Å². The van der Waals surface area contributed by atoms with Gasteiger partial charge >= 0.3 is 5.97 Å². The lowest BCUT2D eigenvalue weighted by atomic mass is 10.2. The Kier molecular flexibility index (Phi) is 3.73. The number of carboxylic acids is 1. The van der Waals surface area contributed by atoms with Crippen molar-refractivity contribution in [2.45, 2.75) is 44.7 Å². The van der Waals surface area contributed by atoms with Gasteiger partial charge in [-0.1, -0.05) is 18.6 Å². The molecule has 94 valence electrons. The fourth-order valence-corrected chi connectivity index (χ4v) is 2.07. The monoisotopic (exact) mass is 238 g/mol. The summed E-state index contributed by atoms with van der Waals surface area (Å²) in [7, 11) is 0. The van der Waals surface area contributed by atoms with Crippen LogP contribution in [0.4, 0.5) is 0 Å². The van der Waals surface area contributed by atoms with E-state index in [-0.39, 0.29) is 6.04 Å². The molecule has 6 heteroatoms. The van der Waals surface area contributed by atoms with Crippen molar-refractivity contribution in [2.24, 2.45) is 0 Å². The first-order valence-electron chi connectivity index (χ1n) is 6.07. The highest BCUT2D eigenvalue weighted by Gasteiger charge is 2.30. The van der Waals surface area contributed by atoms with Crippen LogP contribution in [0.5, 0.6) is 0 Å². The first-order chi connectivity index (χ1) is 8.20. The zero-order valence-corrected chi connectivity index (χ0v) is 9.96. The largest absolute Gasteiger partial charge is 0.480 e. The number of nitrogens with zero attached hydrogens (tertiary/aromatic N) is 3. The Labute approximate surface area is 100 Å². The number of hydrogen-bond donors (Lipinski definition) is 2. The highest BCUT2D eigenvalue weighted by Crippen LogP contribution is 2.19. The summed E-state index contributed by atoms with van der Waals surface area (Å²) in [6.45, 7) is 2.79. The first kappa shape index (κ1) is 12.0. The zero-order chi connectivity index (χ0) is 12.3. The van der Waals surface area contributed by atoms with Gasteiger partial charge in [-0.25, -0.2) is 4.68 Å². The van der Waals surface area contributed by atoms with Crippen LogP contribution in [0.2, 0.25) is 0 Å². The van der Waals surface area contributed by atoms with Crippen LogP contribution in [-0.4, -0.2) is 38.7 Å². The molecule has 0 aromatic carbocycles. The molecule has 17 heavy (non-hydrogen) atoms. The molecule has 1 aliphatic rings. The lowest BCUT2D eigenvalue weighted by Crippen LogP contribution is -2.29. The molecule has 1 aliphatic heterocycles. The average Bonchev–Trinajstić information content (AvgIpc) is 2.94. The Hall–Kier alpha value is -1.43. The fraction of sp³-hybridized carbons (Fsp3) is 0.727. The second-order valence-corrected chi connectivity index (χ2v) is 4.48. The molecule has 0 aliphatic carbocycles. The maximum Gasteiger partial charge on any atom is 0.320 e. The van der Waals surface area contributed by atoms with Gasteiger partial charge in [0.25, 0.3) is 0 Å². The van der Waals surface area contributed by atoms with Crippen LogP contribution in [0.15, 0.2) is 6.20 Å². The van der Waals surface area contributed by atoms with Gasteiger partial charge in [0.2, 0.25) is 0 Å². The summed E-state index contributed by atoms with van der Waals surface area (Å²) in [6.07, 6.45) is 5.70. The number of aromatic nitrogens is 3. The average molecular weight is 238 g/mol. The summed E-state index contributed by atoms with van der Waals surface area (Å²) in [4.78, 5) is 10.8. The van der Waals surface area contributed by atoms with Crippen LogP contribution >= 0.6 is 0 Å². The van der Waals surface area contributed by atoms with E-state index in [0.29, 0.717) is 13.0 Å². The van der Waals surface area contributed by atoms with Crippen molar-refractivity contribution in [3.63, 3.8) is 0 Å². The minimum atomic E-state index is -0.793. The number of nitrogens with one attached hydrogen (secondary N) is 1. The van der Waals surface area contributed by atoms with Crippen molar-refractivity contribution >= 4 is 5.97 Å². The minimum absolute atomic E-state index is 0.110. The highest BCUT2D eigenvalue weighted by atomic mass is 16.4. The third-order valence-corrected chi connectivity index (χ3v) is 3.12. The summed E-state index contributed by atoms with van der Waals surface area (Å²) in [6, 6.07) is -0.345. The van der Waals surface area contributed by atoms with Gasteiger partial charge in [-0.2, -0.15) is 0 Å². The fourth-order valence-electron chi connectivity index (χ4n) is 2.07. The molecule has 6 nitrogen and oxygen atoms in total. The Balaban J connectivity index is 1.94. The van der Waals surface area contributed by atoms with E-state index in [1.54, 1.807) is 4.68 Å². The van der Waals surface area contributed by atoms with Crippen molar-refractivity contribution < 1.29 is 9.90 Å².